The lowest BCUT2D eigenvalue weighted by molar-refractivity contribution is 0.443. The van der Waals surface area contributed by atoms with Crippen molar-refractivity contribution in [2.75, 3.05) is 5.32 Å². The predicted octanol–water partition coefficient (Wildman–Crippen LogP) is 5.21. The summed E-state index contributed by atoms with van der Waals surface area (Å²) in [5, 5.41) is 3.80. The average Bonchev–Trinajstić information content (AvgIpc) is 2.54. The monoisotopic (exact) mass is 275 g/mol. The smallest absolute Gasteiger partial charge is 0.0587 e. The fraction of sp³-hybridized carbons (Fsp3) is 0.300. The van der Waals surface area contributed by atoms with Crippen molar-refractivity contribution in [3.63, 3.8) is 0 Å². The number of para-hydroxylation sites is 1. The minimum Gasteiger partial charge on any atom is -0.378 e. The highest BCUT2D eigenvalue weighted by atomic mass is 14.9. The summed E-state index contributed by atoms with van der Waals surface area (Å²) in [5.41, 5.74) is 7.33. The van der Waals surface area contributed by atoms with E-state index in [9.17, 15) is 0 Å². The zero-order valence-electron chi connectivity index (χ0n) is 12.5. The summed E-state index contributed by atoms with van der Waals surface area (Å²) in [4.78, 5) is 0. The van der Waals surface area contributed by atoms with Gasteiger partial charge in [-0.15, -0.1) is 0 Å². The van der Waals surface area contributed by atoms with E-state index in [-0.39, 0.29) is 0 Å². The third kappa shape index (κ3) is 2.08. The normalized spacial score (nSPS) is 22.6. The van der Waals surface area contributed by atoms with Crippen molar-refractivity contribution in [3.05, 3.63) is 70.8 Å². The Morgan fingerprint density at radius 1 is 1.05 bits per heavy atom. The van der Waals surface area contributed by atoms with E-state index in [0.717, 1.165) is 6.42 Å². The topological polar surface area (TPSA) is 12.0 Å². The molecular formula is C20H21N. The standard InChI is InChI=1S/C20H21N/c1-2-14-13-16-8-6-7-15-11-12-18(14)20(19(15)16)21-17-9-4-3-5-10-17/h3-10,13,18,20-21H,2,11-12H2,1H3. The molecule has 2 bridgehead atoms. The van der Waals surface area contributed by atoms with Crippen molar-refractivity contribution in [2.45, 2.75) is 32.2 Å². The quantitative estimate of drug-likeness (QED) is 0.811. The zero-order chi connectivity index (χ0) is 14.2. The number of hydrogen-bond donors (Lipinski definition) is 1. The van der Waals surface area contributed by atoms with Crippen LogP contribution in [0.5, 0.6) is 0 Å². The van der Waals surface area contributed by atoms with Gasteiger partial charge < -0.3 is 5.32 Å². The van der Waals surface area contributed by atoms with E-state index in [0.29, 0.717) is 12.0 Å². The number of anilines is 1. The Morgan fingerprint density at radius 2 is 1.90 bits per heavy atom. The van der Waals surface area contributed by atoms with Gasteiger partial charge >= 0.3 is 0 Å². The fourth-order valence-corrected chi connectivity index (χ4v) is 3.99. The summed E-state index contributed by atoms with van der Waals surface area (Å²) < 4.78 is 0. The van der Waals surface area contributed by atoms with E-state index >= 15 is 0 Å². The third-order valence-electron chi connectivity index (χ3n) is 4.99. The van der Waals surface area contributed by atoms with Gasteiger partial charge in [-0.1, -0.05) is 55.0 Å². The summed E-state index contributed by atoms with van der Waals surface area (Å²) in [6.45, 7) is 2.29. The summed E-state index contributed by atoms with van der Waals surface area (Å²) in [6.07, 6.45) is 6.08. The first-order chi connectivity index (χ1) is 10.4. The molecule has 2 aliphatic rings. The van der Waals surface area contributed by atoms with E-state index in [4.69, 9.17) is 0 Å². The summed E-state index contributed by atoms with van der Waals surface area (Å²) >= 11 is 0. The minimum atomic E-state index is 0.437. The summed E-state index contributed by atoms with van der Waals surface area (Å²) in [5.74, 6) is 0.651. The highest BCUT2D eigenvalue weighted by Crippen LogP contribution is 2.47. The molecule has 4 rings (SSSR count). The maximum atomic E-state index is 3.80. The van der Waals surface area contributed by atoms with Crippen LogP contribution < -0.4 is 5.32 Å². The highest BCUT2D eigenvalue weighted by molar-refractivity contribution is 5.66. The van der Waals surface area contributed by atoms with E-state index in [1.807, 2.05) is 0 Å². The Labute approximate surface area is 126 Å². The Morgan fingerprint density at radius 3 is 2.71 bits per heavy atom. The Bertz CT molecular complexity index is 684. The molecule has 0 fully saturated rings. The molecule has 1 N–H and O–H groups in total. The molecule has 2 unspecified atom stereocenters. The zero-order valence-corrected chi connectivity index (χ0v) is 12.5. The number of rotatable bonds is 3. The number of fused-ring (bicyclic) bond motifs is 1. The molecule has 2 aliphatic carbocycles. The van der Waals surface area contributed by atoms with Gasteiger partial charge in [0.25, 0.3) is 0 Å². The maximum Gasteiger partial charge on any atom is 0.0587 e. The van der Waals surface area contributed by atoms with Crippen LogP contribution in [-0.2, 0) is 6.42 Å². The molecule has 0 amide bonds. The molecule has 0 heterocycles. The third-order valence-corrected chi connectivity index (χ3v) is 4.99. The van der Waals surface area contributed by atoms with Gasteiger partial charge in [0.2, 0.25) is 0 Å². The van der Waals surface area contributed by atoms with Crippen molar-refractivity contribution < 1.29 is 0 Å². The number of aryl methyl sites for hydroxylation is 1. The van der Waals surface area contributed by atoms with Crippen molar-refractivity contribution in [2.24, 2.45) is 5.92 Å². The van der Waals surface area contributed by atoms with Crippen LogP contribution in [0.25, 0.3) is 6.08 Å². The Kier molecular flexibility index (Phi) is 3.07. The molecule has 1 heteroatoms. The summed E-state index contributed by atoms with van der Waals surface area (Å²) in [7, 11) is 0. The molecule has 21 heavy (non-hydrogen) atoms. The number of nitrogens with one attached hydrogen (secondary N) is 1. The van der Waals surface area contributed by atoms with Gasteiger partial charge in [0.15, 0.2) is 0 Å². The lowest BCUT2D eigenvalue weighted by Gasteiger charge is -2.40. The molecule has 1 nitrogen and oxygen atoms in total. The van der Waals surface area contributed by atoms with Crippen molar-refractivity contribution in [1.82, 2.24) is 0 Å². The van der Waals surface area contributed by atoms with E-state index < -0.39 is 0 Å². The molecule has 2 aromatic carbocycles. The van der Waals surface area contributed by atoms with E-state index in [1.165, 1.54) is 35.2 Å². The molecule has 0 aromatic heterocycles. The SMILES string of the molecule is CCC1=Cc2cccc3c2C(Nc2ccccc2)C1CC3. The molecule has 0 saturated carbocycles. The molecule has 0 radical (unpaired) electrons. The molecular weight excluding hydrogens is 254 g/mol. The lowest BCUT2D eigenvalue weighted by Crippen LogP contribution is -2.31. The second-order valence-electron chi connectivity index (χ2n) is 6.13. The van der Waals surface area contributed by atoms with E-state index in [1.54, 1.807) is 5.57 Å². The van der Waals surface area contributed by atoms with Crippen LogP contribution in [0.3, 0.4) is 0 Å². The average molecular weight is 275 g/mol. The molecule has 0 aliphatic heterocycles. The second kappa shape index (κ2) is 5.07. The lowest BCUT2D eigenvalue weighted by atomic mass is 9.70. The molecule has 0 saturated heterocycles. The first-order valence-electron chi connectivity index (χ1n) is 8.00. The van der Waals surface area contributed by atoms with Crippen molar-refractivity contribution in [3.8, 4) is 0 Å². The number of hydrogen-bond acceptors (Lipinski definition) is 1. The van der Waals surface area contributed by atoms with Crippen molar-refractivity contribution in [1.29, 1.82) is 0 Å². The van der Waals surface area contributed by atoms with Gasteiger partial charge in [0.1, 0.15) is 0 Å². The Hall–Kier alpha value is -2.02. The van der Waals surface area contributed by atoms with Gasteiger partial charge in [0.05, 0.1) is 6.04 Å². The first-order valence-corrected chi connectivity index (χ1v) is 8.00. The second-order valence-corrected chi connectivity index (χ2v) is 6.13. The highest BCUT2D eigenvalue weighted by Gasteiger charge is 2.35. The molecule has 0 spiro atoms. The predicted molar refractivity (Wildman–Crippen MR) is 89.3 cm³/mol. The molecule has 2 aromatic rings. The van der Waals surface area contributed by atoms with Crippen LogP contribution in [0.4, 0.5) is 5.69 Å². The van der Waals surface area contributed by atoms with Gasteiger partial charge in [0, 0.05) is 11.6 Å². The maximum absolute atomic E-state index is 3.80. The van der Waals surface area contributed by atoms with Crippen LogP contribution in [0.15, 0.2) is 54.1 Å². The molecule has 2 atom stereocenters. The van der Waals surface area contributed by atoms with Gasteiger partial charge in [-0.25, -0.2) is 0 Å². The van der Waals surface area contributed by atoms with Crippen LogP contribution in [-0.4, -0.2) is 0 Å². The largest absolute Gasteiger partial charge is 0.378 e. The van der Waals surface area contributed by atoms with Crippen molar-refractivity contribution >= 4 is 11.8 Å². The number of benzene rings is 2. The summed E-state index contributed by atoms with van der Waals surface area (Å²) in [6, 6.07) is 17.9. The van der Waals surface area contributed by atoms with Gasteiger partial charge in [-0.05, 0) is 48.1 Å². The van der Waals surface area contributed by atoms with Crippen LogP contribution in [0, 0.1) is 5.92 Å². The van der Waals surface area contributed by atoms with Crippen LogP contribution in [0.2, 0.25) is 0 Å². The first kappa shape index (κ1) is 12.7. The molecule has 106 valence electrons. The van der Waals surface area contributed by atoms with Gasteiger partial charge in [-0.2, -0.15) is 0 Å². The fourth-order valence-electron chi connectivity index (χ4n) is 3.99. The van der Waals surface area contributed by atoms with Crippen LogP contribution >= 0.6 is 0 Å². The minimum absolute atomic E-state index is 0.437. The van der Waals surface area contributed by atoms with Crippen LogP contribution in [0.1, 0.15) is 42.5 Å². The van der Waals surface area contributed by atoms with E-state index in [2.05, 4.69) is 66.8 Å². The van der Waals surface area contributed by atoms with Gasteiger partial charge in [-0.3, -0.25) is 0 Å². The Balaban J connectivity index is 1.80.